The van der Waals surface area contributed by atoms with Crippen LogP contribution >= 0.6 is 0 Å². The van der Waals surface area contributed by atoms with Gasteiger partial charge in [-0.3, -0.25) is 4.79 Å². The molecule has 3 aromatic rings. The number of fused-ring (bicyclic) bond motifs is 2. The fourth-order valence-corrected chi connectivity index (χ4v) is 4.30. The summed E-state index contributed by atoms with van der Waals surface area (Å²) in [6.45, 7) is 5.69. The molecule has 8 nitrogen and oxygen atoms in total. The van der Waals surface area contributed by atoms with Crippen molar-refractivity contribution in [2.45, 2.75) is 77.3 Å². The number of rotatable bonds is 6. The Labute approximate surface area is 176 Å². The highest BCUT2D eigenvalue weighted by Crippen LogP contribution is 2.40. The molecule has 0 radical (unpaired) electrons. The number of hydrogen-bond acceptors (Lipinski definition) is 5. The first kappa shape index (κ1) is 19.2. The minimum atomic E-state index is -0.0665. The third-order valence-electron chi connectivity index (χ3n) is 6.14. The van der Waals surface area contributed by atoms with Crippen LogP contribution in [0.25, 0.3) is 11.0 Å². The van der Waals surface area contributed by atoms with Gasteiger partial charge in [0.2, 0.25) is 0 Å². The maximum Gasteiger partial charge on any atom is 0.252 e. The first-order valence-electron chi connectivity index (χ1n) is 11.2. The van der Waals surface area contributed by atoms with Crippen molar-refractivity contribution in [2.75, 3.05) is 6.54 Å². The molecule has 1 aliphatic carbocycles. The van der Waals surface area contributed by atoms with Crippen molar-refractivity contribution in [1.29, 1.82) is 0 Å². The Hall–Kier alpha value is -2.77. The van der Waals surface area contributed by atoms with Gasteiger partial charge in [-0.2, -0.15) is 5.10 Å². The monoisotopic (exact) mass is 407 g/mol. The van der Waals surface area contributed by atoms with Crippen molar-refractivity contribution in [1.82, 2.24) is 34.8 Å². The molecule has 30 heavy (non-hydrogen) atoms. The molecule has 1 amide bonds. The van der Waals surface area contributed by atoms with Gasteiger partial charge in [0.25, 0.3) is 5.91 Å². The lowest BCUT2D eigenvalue weighted by atomic mass is 10.1. The van der Waals surface area contributed by atoms with Crippen molar-refractivity contribution in [3.05, 3.63) is 35.2 Å². The summed E-state index contributed by atoms with van der Waals surface area (Å²) in [4.78, 5) is 17.9. The van der Waals surface area contributed by atoms with Gasteiger partial charge in [0.15, 0.2) is 5.65 Å². The summed E-state index contributed by atoms with van der Waals surface area (Å²) in [6.07, 6.45) is 9.34. The Morgan fingerprint density at radius 2 is 2.10 bits per heavy atom. The number of nitrogens with one attached hydrogen (secondary N) is 1. The molecule has 1 N–H and O–H groups in total. The van der Waals surface area contributed by atoms with E-state index in [4.69, 9.17) is 4.98 Å². The molecule has 2 aliphatic rings. The zero-order chi connectivity index (χ0) is 20.7. The molecular weight excluding hydrogens is 378 g/mol. The third kappa shape index (κ3) is 3.59. The Kier molecular flexibility index (Phi) is 5.00. The van der Waals surface area contributed by atoms with Crippen LogP contribution in [0.15, 0.2) is 12.3 Å². The molecule has 3 aromatic heterocycles. The predicted molar refractivity (Wildman–Crippen MR) is 114 cm³/mol. The van der Waals surface area contributed by atoms with E-state index in [-0.39, 0.29) is 11.9 Å². The molecule has 0 spiro atoms. The summed E-state index contributed by atoms with van der Waals surface area (Å²) in [5.41, 5.74) is 2.49. The zero-order valence-electron chi connectivity index (χ0n) is 17.8. The molecule has 158 valence electrons. The average molecular weight is 408 g/mol. The van der Waals surface area contributed by atoms with Gasteiger partial charge >= 0.3 is 0 Å². The molecule has 8 heteroatoms. The van der Waals surface area contributed by atoms with Gasteiger partial charge in [0.1, 0.15) is 11.6 Å². The van der Waals surface area contributed by atoms with Gasteiger partial charge in [0, 0.05) is 43.6 Å². The number of amides is 1. The summed E-state index contributed by atoms with van der Waals surface area (Å²) in [6, 6.07) is 2.16. The number of nitrogens with zero attached hydrogens (tertiary/aromatic N) is 6. The number of pyridine rings is 1. The molecule has 5 rings (SSSR count). The van der Waals surface area contributed by atoms with Gasteiger partial charge in [-0.1, -0.05) is 6.42 Å². The Morgan fingerprint density at radius 3 is 2.90 bits per heavy atom. The topological polar surface area (TPSA) is 90.5 Å². The van der Waals surface area contributed by atoms with Crippen LogP contribution in [0.5, 0.6) is 0 Å². The van der Waals surface area contributed by atoms with E-state index in [1.54, 1.807) is 6.20 Å². The summed E-state index contributed by atoms with van der Waals surface area (Å²) < 4.78 is 4.14. The minimum Gasteiger partial charge on any atom is -0.352 e. The summed E-state index contributed by atoms with van der Waals surface area (Å²) in [5.74, 6) is 2.46. The maximum atomic E-state index is 13.1. The number of carbonyl (C=O) groups excluding carboxylic acids is 1. The standard InChI is InChI=1S/C22H29N7O/c1-14(2)29-21-17(13-24-29)16(12-18(25-21)15-7-8-15)22(30)23-10-9-20-27-26-19-6-4-3-5-11-28(19)20/h12-15H,3-11H2,1-2H3,(H,23,30). The smallest absolute Gasteiger partial charge is 0.252 e. The highest BCUT2D eigenvalue weighted by molar-refractivity contribution is 6.05. The Bertz CT molecular complexity index is 1080. The van der Waals surface area contributed by atoms with Crippen LogP contribution in [0.2, 0.25) is 0 Å². The number of carbonyl (C=O) groups is 1. The van der Waals surface area contributed by atoms with Gasteiger partial charge in [-0.15, -0.1) is 10.2 Å². The third-order valence-corrected chi connectivity index (χ3v) is 6.14. The number of aryl methyl sites for hydroxylation is 1. The highest BCUT2D eigenvalue weighted by atomic mass is 16.1. The summed E-state index contributed by atoms with van der Waals surface area (Å²) in [5, 5.41) is 17.1. The van der Waals surface area contributed by atoms with Crippen LogP contribution in [0.4, 0.5) is 0 Å². The summed E-state index contributed by atoms with van der Waals surface area (Å²) in [7, 11) is 0. The molecule has 0 aromatic carbocycles. The van der Waals surface area contributed by atoms with Gasteiger partial charge in [-0.05, 0) is 45.6 Å². The lowest BCUT2D eigenvalue weighted by Gasteiger charge is -2.11. The molecule has 0 bridgehead atoms. The van der Waals surface area contributed by atoms with Gasteiger partial charge in [0.05, 0.1) is 17.1 Å². The van der Waals surface area contributed by atoms with Crippen molar-refractivity contribution >= 4 is 16.9 Å². The van der Waals surface area contributed by atoms with E-state index in [9.17, 15) is 4.79 Å². The first-order valence-corrected chi connectivity index (χ1v) is 11.2. The van der Waals surface area contributed by atoms with E-state index >= 15 is 0 Å². The van der Waals surface area contributed by atoms with Gasteiger partial charge < -0.3 is 9.88 Å². The van der Waals surface area contributed by atoms with Crippen LogP contribution in [-0.4, -0.2) is 42.0 Å². The fraction of sp³-hybridized carbons (Fsp3) is 0.591. The second kappa shape index (κ2) is 7.81. The summed E-state index contributed by atoms with van der Waals surface area (Å²) >= 11 is 0. The minimum absolute atomic E-state index is 0.0665. The molecule has 4 heterocycles. The van der Waals surface area contributed by atoms with Crippen LogP contribution in [0, 0.1) is 0 Å². The van der Waals surface area contributed by atoms with Gasteiger partial charge in [-0.25, -0.2) is 9.67 Å². The average Bonchev–Trinajstić information content (AvgIpc) is 3.45. The van der Waals surface area contributed by atoms with E-state index < -0.39 is 0 Å². The van der Waals surface area contributed by atoms with E-state index in [0.29, 0.717) is 24.4 Å². The maximum absolute atomic E-state index is 13.1. The predicted octanol–water partition coefficient (Wildman–Crippen LogP) is 3.18. The lowest BCUT2D eigenvalue weighted by molar-refractivity contribution is 0.0955. The zero-order valence-corrected chi connectivity index (χ0v) is 17.8. The normalized spacial score (nSPS) is 16.6. The second-order valence-electron chi connectivity index (χ2n) is 8.79. The molecule has 1 saturated carbocycles. The Morgan fingerprint density at radius 1 is 1.23 bits per heavy atom. The molecule has 0 saturated heterocycles. The van der Waals surface area contributed by atoms with E-state index in [1.807, 2.05) is 10.7 Å². The van der Waals surface area contributed by atoms with Crippen LogP contribution in [0.1, 0.15) is 85.6 Å². The highest BCUT2D eigenvalue weighted by Gasteiger charge is 2.28. The van der Waals surface area contributed by atoms with Crippen LogP contribution in [-0.2, 0) is 19.4 Å². The van der Waals surface area contributed by atoms with E-state index in [2.05, 4.69) is 39.0 Å². The first-order chi connectivity index (χ1) is 14.6. The fourth-order valence-electron chi connectivity index (χ4n) is 4.30. The van der Waals surface area contributed by atoms with Crippen molar-refractivity contribution in [3.8, 4) is 0 Å². The SMILES string of the molecule is CC(C)n1ncc2c(C(=O)NCCc3nnc4n3CCCCC4)cc(C3CC3)nc21. The van der Waals surface area contributed by atoms with E-state index in [0.717, 1.165) is 54.2 Å². The van der Waals surface area contributed by atoms with Crippen LogP contribution in [0.3, 0.4) is 0 Å². The molecule has 1 fully saturated rings. The molecule has 1 aliphatic heterocycles. The number of aromatic nitrogens is 6. The largest absolute Gasteiger partial charge is 0.352 e. The van der Waals surface area contributed by atoms with Crippen molar-refractivity contribution in [2.24, 2.45) is 0 Å². The number of hydrogen-bond donors (Lipinski definition) is 1. The quantitative estimate of drug-likeness (QED) is 0.678. The van der Waals surface area contributed by atoms with Crippen LogP contribution < -0.4 is 5.32 Å². The van der Waals surface area contributed by atoms with Crippen molar-refractivity contribution in [3.63, 3.8) is 0 Å². The molecular formula is C22H29N7O. The molecule has 0 atom stereocenters. The second-order valence-corrected chi connectivity index (χ2v) is 8.79. The van der Waals surface area contributed by atoms with Crippen molar-refractivity contribution < 1.29 is 4.79 Å². The lowest BCUT2D eigenvalue weighted by Crippen LogP contribution is -2.27. The molecule has 0 unspecified atom stereocenters. The van der Waals surface area contributed by atoms with E-state index in [1.165, 1.54) is 19.3 Å². The Balaban J connectivity index is 1.34.